The highest BCUT2D eigenvalue weighted by molar-refractivity contribution is 6.43. The van der Waals surface area contributed by atoms with Crippen LogP contribution in [0.25, 0.3) is 0 Å². The minimum Gasteiger partial charge on any atom is -0.344 e. The van der Waals surface area contributed by atoms with Gasteiger partial charge in [0.15, 0.2) is 0 Å². The van der Waals surface area contributed by atoms with Crippen LogP contribution in [0.15, 0.2) is 48.0 Å². The predicted molar refractivity (Wildman–Crippen MR) is 124 cm³/mol. The van der Waals surface area contributed by atoms with Gasteiger partial charge >= 0.3 is 0 Å². The molecule has 2 N–H and O–H groups in total. The van der Waals surface area contributed by atoms with Gasteiger partial charge in [-0.25, -0.2) is 4.39 Å². The van der Waals surface area contributed by atoms with E-state index in [0.717, 1.165) is 12.8 Å². The highest BCUT2D eigenvalue weighted by Gasteiger charge is 2.33. The second kappa shape index (κ2) is 9.94. The average Bonchev–Trinajstić information content (AvgIpc) is 2.94. The van der Waals surface area contributed by atoms with E-state index in [1.165, 1.54) is 12.2 Å². The number of Topliss-reactive ketones (excluding diaryl/α,β-unsaturated/α-hetero) is 1. The second-order valence-electron chi connectivity index (χ2n) is 8.65. The van der Waals surface area contributed by atoms with Crippen LogP contribution in [0.4, 0.5) is 4.39 Å². The van der Waals surface area contributed by atoms with E-state index < -0.39 is 29.0 Å². The molecule has 0 aliphatic heterocycles. The Hall–Kier alpha value is -3.22. The Morgan fingerprint density at radius 3 is 2.41 bits per heavy atom. The van der Waals surface area contributed by atoms with Crippen molar-refractivity contribution in [3.05, 3.63) is 70.5 Å². The second-order valence-corrected chi connectivity index (χ2v) is 8.65. The van der Waals surface area contributed by atoms with Crippen molar-refractivity contribution in [2.24, 2.45) is 7.05 Å². The molecule has 0 spiro atoms. The Morgan fingerprint density at radius 2 is 1.84 bits per heavy atom. The lowest BCUT2D eigenvalue weighted by Crippen LogP contribution is -2.49. The largest absolute Gasteiger partial charge is 0.344 e. The number of hydrogen-bond acceptors (Lipinski definition) is 3. The van der Waals surface area contributed by atoms with Gasteiger partial charge in [-0.2, -0.15) is 0 Å². The summed E-state index contributed by atoms with van der Waals surface area (Å²) in [6.07, 6.45) is 8.99. The summed E-state index contributed by atoms with van der Waals surface area (Å²) >= 11 is 0. The number of rotatable bonds is 7. The van der Waals surface area contributed by atoms with Gasteiger partial charge in [0.2, 0.25) is 0 Å². The van der Waals surface area contributed by atoms with Gasteiger partial charge in [-0.05, 0) is 77.2 Å². The number of carbonyl (C=O) groups excluding carboxylic acids is 3. The van der Waals surface area contributed by atoms with Crippen LogP contribution in [-0.4, -0.2) is 27.7 Å². The summed E-state index contributed by atoms with van der Waals surface area (Å²) in [5, 5.41) is 5.56. The molecule has 172 valence electrons. The first kappa shape index (κ1) is 25.0. The van der Waals surface area contributed by atoms with Crippen LogP contribution in [0.1, 0.15) is 72.1 Å². The average molecular weight is 442 g/mol. The Bertz CT molecular complexity index is 1060. The fourth-order valence-electron chi connectivity index (χ4n) is 3.77. The molecule has 7 heteroatoms. The zero-order chi connectivity index (χ0) is 24.2. The van der Waals surface area contributed by atoms with E-state index in [-0.39, 0.29) is 11.3 Å². The van der Waals surface area contributed by atoms with E-state index in [9.17, 15) is 18.8 Å². The normalized spacial score (nSPS) is 19.0. The first-order valence-corrected chi connectivity index (χ1v) is 10.6. The van der Waals surface area contributed by atoms with Crippen molar-refractivity contribution >= 4 is 17.6 Å². The maximum Gasteiger partial charge on any atom is 0.294 e. The third-order valence-corrected chi connectivity index (χ3v) is 5.79. The molecule has 0 saturated heterocycles. The molecular formula is C25H32FN3O3. The van der Waals surface area contributed by atoms with Crippen LogP contribution in [-0.2, 0) is 11.8 Å². The number of nitrogens with zero attached hydrogens (tertiary/aromatic N) is 1. The summed E-state index contributed by atoms with van der Waals surface area (Å²) in [7, 11) is 1.65. The van der Waals surface area contributed by atoms with Gasteiger partial charge in [-0.3, -0.25) is 14.4 Å². The van der Waals surface area contributed by atoms with Gasteiger partial charge in [-0.1, -0.05) is 18.7 Å². The number of carbonyl (C=O) groups is 3. The highest BCUT2D eigenvalue weighted by atomic mass is 19.1. The molecule has 1 atom stereocenters. The molecule has 1 aromatic heterocycles. The molecule has 0 fully saturated rings. The summed E-state index contributed by atoms with van der Waals surface area (Å²) in [4.78, 5) is 38.6. The number of ketones is 1. The maximum atomic E-state index is 13.6. The molecule has 32 heavy (non-hydrogen) atoms. The topological polar surface area (TPSA) is 80.2 Å². The SMILES string of the molecule is C=C(C)/C(F)=C\C=C(/C)NC(=O)c1c(C)c(C(=O)C(=O)NC2(C)CC=CCC2)n(C)c1C. The fourth-order valence-corrected chi connectivity index (χ4v) is 3.77. The minimum absolute atomic E-state index is 0.176. The van der Waals surface area contributed by atoms with Crippen LogP contribution in [0.5, 0.6) is 0 Å². The van der Waals surface area contributed by atoms with Crippen molar-refractivity contribution in [2.75, 3.05) is 0 Å². The predicted octanol–water partition coefficient (Wildman–Crippen LogP) is 4.50. The first-order chi connectivity index (χ1) is 14.9. The number of allylic oxidation sites excluding steroid dienone is 6. The molecular weight excluding hydrogens is 409 g/mol. The van der Waals surface area contributed by atoms with Gasteiger partial charge < -0.3 is 15.2 Å². The fraction of sp³-hybridized carbons (Fsp3) is 0.400. The van der Waals surface area contributed by atoms with Crippen molar-refractivity contribution in [3.63, 3.8) is 0 Å². The number of halogens is 1. The van der Waals surface area contributed by atoms with Crippen molar-refractivity contribution < 1.29 is 18.8 Å². The third-order valence-electron chi connectivity index (χ3n) is 5.79. The smallest absolute Gasteiger partial charge is 0.294 e. The molecule has 1 unspecified atom stereocenters. The summed E-state index contributed by atoms with van der Waals surface area (Å²) in [5.41, 5.74) is 1.71. The highest BCUT2D eigenvalue weighted by Crippen LogP contribution is 2.25. The van der Waals surface area contributed by atoms with E-state index in [2.05, 4.69) is 23.3 Å². The van der Waals surface area contributed by atoms with Crippen LogP contribution in [0.2, 0.25) is 0 Å². The molecule has 2 amide bonds. The Balaban J connectivity index is 2.27. The molecule has 1 aliphatic rings. The zero-order valence-electron chi connectivity index (χ0n) is 19.7. The molecule has 1 aliphatic carbocycles. The van der Waals surface area contributed by atoms with E-state index in [1.54, 1.807) is 39.3 Å². The molecule has 0 aromatic carbocycles. The van der Waals surface area contributed by atoms with E-state index in [4.69, 9.17) is 0 Å². The molecule has 0 radical (unpaired) electrons. The van der Waals surface area contributed by atoms with E-state index in [1.807, 2.05) is 13.0 Å². The number of aromatic nitrogens is 1. The lowest BCUT2D eigenvalue weighted by molar-refractivity contribution is -0.118. The zero-order valence-corrected chi connectivity index (χ0v) is 19.7. The van der Waals surface area contributed by atoms with Gasteiger partial charge in [-0.15, -0.1) is 0 Å². The lowest BCUT2D eigenvalue weighted by atomic mass is 9.87. The summed E-state index contributed by atoms with van der Waals surface area (Å²) in [5.74, 6) is -2.28. The van der Waals surface area contributed by atoms with Gasteiger partial charge in [0, 0.05) is 24.0 Å². The van der Waals surface area contributed by atoms with Crippen molar-refractivity contribution in [2.45, 2.75) is 59.4 Å². The lowest BCUT2D eigenvalue weighted by Gasteiger charge is -2.31. The van der Waals surface area contributed by atoms with E-state index >= 15 is 0 Å². The number of hydrogen-bond donors (Lipinski definition) is 2. The molecule has 0 bridgehead atoms. The first-order valence-electron chi connectivity index (χ1n) is 10.6. The van der Waals surface area contributed by atoms with Crippen LogP contribution in [0.3, 0.4) is 0 Å². The van der Waals surface area contributed by atoms with Crippen LogP contribution >= 0.6 is 0 Å². The standard InChI is InChI=1S/C25H32FN3O3/c1-15(2)19(26)12-11-16(3)27-23(31)20-17(4)21(29(7)18(20)5)22(30)24(32)28-25(6)13-9-8-10-14-25/h8-9,11-12H,1,10,13-14H2,2-7H3,(H,27,31)(H,28,32)/b16-11+,19-12+. The van der Waals surface area contributed by atoms with Crippen molar-refractivity contribution in [1.82, 2.24) is 15.2 Å². The Kier molecular flexibility index (Phi) is 7.78. The molecule has 2 rings (SSSR count). The van der Waals surface area contributed by atoms with Crippen LogP contribution in [0, 0.1) is 13.8 Å². The van der Waals surface area contributed by atoms with Crippen LogP contribution < -0.4 is 10.6 Å². The molecule has 6 nitrogen and oxygen atoms in total. The van der Waals surface area contributed by atoms with Crippen molar-refractivity contribution in [3.8, 4) is 0 Å². The molecule has 1 aromatic rings. The third kappa shape index (κ3) is 5.52. The monoisotopic (exact) mass is 441 g/mol. The molecule has 0 saturated carbocycles. The maximum absolute atomic E-state index is 13.6. The van der Waals surface area contributed by atoms with E-state index in [0.29, 0.717) is 28.9 Å². The molecule has 1 heterocycles. The minimum atomic E-state index is -0.685. The van der Waals surface area contributed by atoms with Crippen molar-refractivity contribution in [1.29, 1.82) is 0 Å². The Labute approximate surface area is 188 Å². The van der Waals surface area contributed by atoms with Gasteiger partial charge in [0.1, 0.15) is 5.83 Å². The summed E-state index contributed by atoms with van der Waals surface area (Å²) < 4.78 is 15.2. The van der Waals surface area contributed by atoms with Gasteiger partial charge in [0.25, 0.3) is 17.6 Å². The summed E-state index contributed by atoms with van der Waals surface area (Å²) in [6.45, 7) is 12.0. The quantitative estimate of drug-likeness (QED) is 0.283. The number of nitrogens with one attached hydrogen (secondary N) is 2. The summed E-state index contributed by atoms with van der Waals surface area (Å²) in [6, 6.07) is 0. The van der Waals surface area contributed by atoms with Gasteiger partial charge in [0.05, 0.1) is 11.3 Å². The Morgan fingerprint density at radius 1 is 1.19 bits per heavy atom. The number of amides is 2.